The molecule has 4 N–H and O–H groups in total. The van der Waals surface area contributed by atoms with Crippen LogP contribution in [0.4, 0.5) is 0 Å². The Morgan fingerprint density at radius 3 is 3.15 bits per heavy atom. The van der Waals surface area contributed by atoms with Crippen LogP contribution in [0.1, 0.15) is 18.6 Å². The first kappa shape index (κ1) is 9.53. The number of aryl methyl sites for hydroxylation is 1. The summed E-state index contributed by atoms with van der Waals surface area (Å²) in [6.45, 7) is 2.19. The van der Waals surface area contributed by atoms with Crippen LogP contribution in [0.25, 0.3) is 0 Å². The molecule has 0 unspecified atom stereocenters. The van der Waals surface area contributed by atoms with Gasteiger partial charge in [0.2, 0.25) is 11.9 Å². The van der Waals surface area contributed by atoms with Crippen molar-refractivity contribution >= 4 is 5.96 Å². The standard InChI is InChI=1S/C7H12N4O2/c1-2-5-3-9-6(13-5)4-10-7(8)11-12/h3,12H,2,4H2,1H3,(H3,8,10,11). The fourth-order valence-corrected chi connectivity index (χ4v) is 0.773. The molecule has 0 amide bonds. The molecule has 0 spiro atoms. The monoisotopic (exact) mass is 184 g/mol. The van der Waals surface area contributed by atoms with E-state index in [1.54, 1.807) is 11.7 Å². The smallest absolute Gasteiger partial charge is 0.216 e. The quantitative estimate of drug-likeness (QED) is 0.350. The number of hydroxylamine groups is 1. The highest BCUT2D eigenvalue weighted by Gasteiger charge is 2.00. The Morgan fingerprint density at radius 2 is 2.62 bits per heavy atom. The van der Waals surface area contributed by atoms with Gasteiger partial charge < -0.3 is 10.2 Å². The fraction of sp³-hybridized carbons (Fsp3) is 0.429. The van der Waals surface area contributed by atoms with Crippen molar-refractivity contribution in [2.75, 3.05) is 0 Å². The van der Waals surface area contributed by atoms with E-state index in [9.17, 15) is 0 Å². The van der Waals surface area contributed by atoms with Crippen LogP contribution in [0.3, 0.4) is 0 Å². The lowest BCUT2D eigenvalue weighted by Crippen LogP contribution is -2.28. The number of aliphatic imine (C=N–C) groups is 1. The summed E-state index contributed by atoms with van der Waals surface area (Å²) in [5, 5.41) is 8.31. The molecule has 0 fully saturated rings. The van der Waals surface area contributed by atoms with E-state index in [4.69, 9.17) is 15.4 Å². The molecule has 0 radical (unpaired) electrons. The number of nitrogens with one attached hydrogen (secondary N) is 1. The van der Waals surface area contributed by atoms with Gasteiger partial charge >= 0.3 is 0 Å². The molecular formula is C7H12N4O2. The minimum absolute atomic E-state index is 0.0590. The molecule has 6 heteroatoms. The van der Waals surface area contributed by atoms with E-state index in [0.717, 1.165) is 12.2 Å². The maximum Gasteiger partial charge on any atom is 0.216 e. The van der Waals surface area contributed by atoms with E-state index < -0.39 is 0 Å². The van der Waals surface area contributed by atoms with Gasteiger partial charge in [0.1, 0.15) is 12.3 Å². The predicted octanol–water partition coefficient (Wildman–Crippen LogP) is 0.0305. The largest absolute Gasteiger partial charge is 0.444 e. The summed E-state index contributed by atoms with van der Waals surface area (Å²) in [6.07, 6.45) is 2.44. The van der Waals surface area contributed by atoms with Gasteiger partial charge in [0, 0.05) is 6.42 Å². The number of aromatic nitrogens is 1. The van der Waals surface area contributed by atoms with Crippen molar-refractivity contribution in [3.63, 3.8) is 0 Å². The third-order valence-corrected chi connectivity index (χ3v) is 1.45. The molecule has 0 saturated carbocycles. The van der Waals surface area contributed by atoms with E-state index in [-0.39, 0.29) is 12.5 Å². The predicted molar refractivity (Wildman–Crippen MR) is 46.1 cm³/mol. The lowest BCUT2D eigenvalue weighted by atomic mass is 10.4. The lowest BCUT2D eigenvalue weighted by molar-refractivity contribution is 0.232. The van der Waals surface area contributed by atoms with Gasteiger partial charge in [0.15, 0.2) is 0 Å². The Labute approximate surface area is 75.4 Å². The molecule has 0 aliphatic rings. The normalized spacial score (nSPS) is 11.7. The zero-order valence-electron chi connectivity index (χ0n) is 7.32. The second-order valence-electron chi connectivity index (χ2n) is 2.39. The van der Waals surface area contributed by atoms with Crippen molar-refractivity contribution < 1.29 is 9.62 Å². The van der Waals surface area contributed by atoms with Gasteiger partial charge in [-0.1, -0.05) is 6.92 Å². The molecule has 1 aromatic rings. The van der Waals surface area contributed by atoms with Gasteiger partial charge in [0.05, 0.1) is 6.20 Å². The minimum Gasteiger partial charge on any atom is -0.444 e. The highest BCUT2D eigenvalue weighted by molar-refractivity contribution is 5.76. The van der Waals surface area contributed by atoms with Crippen LogP contribution in [0.2, 0.25) is 0 Å². The average molecular weight is 184 g/mol. The maximum atomic E-state index is 8.31. The van der Waals surface area contributed by atoms with Crippen LogP contribution >= 0.6 is 0 Å². The van der Waals surface area contributed by atoms with Gasteiger partial charge in [-0.15, -0.1) is 0 Å². The number of hydrogen-bond acceptors (Lipinski definition) is 4. The second-order valence-corrected chi connectivity index (χ2v) is 2.39. The summed E-state index contributed by atoms with van der Waals surface area (Å²) < 4.78 is 5.24. The third kappa shape index (κ3) is 2.75. The number of guanidine groups is 1. The van der Waals surface area contributed by atoms with E-state index in [1.807, 2.05) is 6.92 Å². The van der Waals surface area contributed by atoms with Crippen LogP contribution in [0, 0.1) is 0 Å². The Hall–Kier alpha value is -1.56. The number of nitrogens with zero attached hydrogens (tertiary/aromatic N) is 2. The Morgan fingerprint density at radius 1 is 1.85 bits per heavy atom. The summed E-state index contributed by atoms with van der Waals surface area (Å²) in [7, 11) is 0. The zero-order chi connectivity index (χ0) is 9.68. The van der Waals surface area contributed by atoms with Gasteiger partial charge in [-0.25, -0.2) is 15.5 Å². The topological polar surface area (TPSA) is 96.7 Å². The van der Waals surface area contributed by atoms with E-state index in [0.29, 0.717) is 5.89 Å². The molecular weight excluding hydrogens is 172 g/mol. The van der Waals surface area contributed by atoms with Crippen LogP contribution in [0.5, 0.6) is 0 Å². The molecule has 1 heterocycles. The molecule has 0 bridgehead atoms. The molecule has 72 valence electrons. The molecule has 0 atom stereocenters. The van der Waals surface area contributed by atoms with Gasteiger partial charge in [-0.2, -0.15) is 0 Å². The first-order chi connectivity index (χ1) is 6.26. The van der Waals surface area contributed by atoms with Crippen molar-refractivity contribution in [3.8, 4) is 0 Å². The van der Waals surface area contributed by atoms with Gasteiger partial charge in [-0.05, 0) is 0 Å². The molecule has 1 aromatic heterocycles. The van der Waals surface area contributed by atoms with Crippen LogP contribution in [-0.2, 0) is 13.0 Å². The Kier molecular flexibility index (Phi) is 3.27. The summed E-state index contributed by atoms with van der Waals surface area (Å²) in [6, 6.07) is 0. The summed E-state index contributed by atoms with van der Waals surface area (Å²) >= 11 is 0. The van der Waals surface area contributed by atoms with Gasteiger partial charge in [-0.3, -0.25) is 5.21 Å². The highest BCUT2D eigenvalue weighted by atomic mass is 16.5. The van der Waals surface area contributed by atoms with Crippen LogP contribution < -0.4 is 11.2 Å². The molecule has 0 aliphatic heterocycles. The van der Waals surface area contributed by atoms with Gasteiger partial charge in [0.25, 0.3) is 0 Å². The van der Waals surface area contributed by atoms with Crippen molar-refractivity contribution in [3.05, 3.63) is 17.8 Å². The van der Waals surface area contributed by atoms with Crippen LogP contribution in [-0.4, -0.2) is 16.2 Å². The van der Waals surface area contributed by atoms with Crippen LogP contribution in [0.15, 0.2) is 15.6 Å². The molecule has 0 aromatic carbocycles. The summed E-state index contributed by atoms with van der Waals surface area (Å²) in [5.74, 6) is 1.23. The van der Waals surface area contributed by atoms with E-state index in [1.165, 1.54) is 0 Å². The molecule has 0 aliphatic carbocycles. The Bertz CT molecular complexity index is 294. The molecule has 6 nitrogen and oxygen atoms in total. The fourth-order valence-electron chi connectivity index (χ4n) is 0.773. The molecule has 0 saturated heterocycles. The average Bonchev–Trinajstić information content (AvgIpc) is 2.61. The number of nitrogens with two attached hydrogens (primary N) is 1. The molecule has 1 rings (SSSR count). The zero-order valence-corrected chi connectivity index (χ0v) is 7.32. The Balaban J connectivity index is 2.54. The number of oxazole rings is 1. The van der Waals surface area contributed by atoms with Crippen molar-refractivity contribution in [1.29, 1.82) is 0 Å². The van der Waals surface area contributed by atoms with Crippen molar-refractivity contribution in [2.24, 2.45) is 10.7 Å². The first-order valence-corrected chi connectivity index (χ1v) is 3.90. The van der Waals surface area contributed by atoms with Crippen molar-refractivity contribution in [2.45, 2.75) is 19.9 Å². The number of hydrogen-bond donors (Lipinski definition) is 3. The molecule has 13 heavy (non-hydrogen) atoms. The lowest BCUT2D eigenvalue weighted by Gasteiger charge is -1.94. The highest BCUT2D eigenvalue weighted by Crippen LogP contribution is 2.04. The van der Waals surface area contributed by atoms with E-state index in [2.05, 4.69) is 9.98 Å². The van der Waals surface area contributed by atoms with Crippen molar-refractivity contribution in [1.82, 2.24) is 10.5 Å². The SMILES string of the molecule is CCc1cnc(CN=C(N)NO)o1. The summed E-state index contributed by atoms with van der Waals surface area (Å²) in [4.78, 5) is 7.69. The first-order valence-electron chi connectivity index (χ1n) is 3.90. The number of rotatable bonds is 3. The second kappa shape index (κ2) is 4.46. The van der Waals surface area contributed by atoms with E-state index >= 15 is 0 Å². The summed E-state index contributed by atoms with van der Waals surface area (Å²) in [5.41, 5.74) is 6.89. The maximum absolute atomic E-state index is 8.31. The third-order valence-electron chi connectivity index (χ3n) is 1.45. The minimum atomic E-state index is -0.0590.